The monoisotopic (exact) mass is 1820 g/mol. The molecule has 14 aromatic rings. The molecule has 13 N–H and O–H groups in total. The first kappa shape index (κ1) is 106. The molecular formula is C118H136O15S. The number of ether oxygens (including phenoxy) is 1. The minimum Gasteiger partial charge on any atom is -0.508 e. The molecule has 0 saturated carbocycles. The van der Waals surface area contributed by atoms with Crippen molar-refractivity contribution in [3.05, 3.63) is 411 Å². The van der Waals surface area contributed by atoms with Crippen LogP contribution in [0.25, 0.3) is 0 Å². The molecule has 14 rings (SSSR count). The minimum atomic E-state index is -0.470. The Hall–Kier alpha value is -13.7. The molecule has 14 aromatic carbocycles. The summed E-state index contributed by atoms with van der Waals surface area (Å²) < 4.78 is 5.13. The zero-order valence-electron chi connectivity index (χ0n) is 81.3. The van der Waals surface area contributed by atoms with Gasteiger partial charge in [-0.05, 0) is 283 Å². The van der Waals surface area contributed by atoms with Crippen LogP contribution in [0, 0.1) is 10.8 Å². The molecule has 0 aliphatic rings. The molecule has 0 aromatic heterocycles. The van der Waals surface area contributed by atoms with E-state index in [9.17, 15) is 50.8 Å². The Morgan fingerprint density at radius 1 is 0.261 bits per heavy atom. The van der Waals surface area contributed by atoms with E-state index in [0.29, 0.717) is 22.1 Å². The molecule has 0 amide bonds. The first-order chi connectivity index (χ1) is 62.5. The Morgan fingerprint density at radius 3 is 0.843 bits per heavy atom. The summed E-state index contributed by atoms with van der Waals surface area (Å²) in [5, 5.41) is 123. The number of hydrogen-bond acceptors (Lipinski definition) is 16. The number of esters is 1. The van der Waals surface area contributed by atoms with Crippen molar-refractivity contribution in [3.8, 4) is 74.7 Å². The largest absolute Gasteiger partial charge is 0.508 e. The third-order valence-corrected chi connectivity index (χ3v) is 24.6. The fourth-order valence-corrected chi connectivity index (χ4v) is 16.4. The molecule has 0 aliphatic carbocycles. The quantitative estimate of drug-likeness (QED) is 0.0229. The highest BCUT2D eigenvalue weighted by Crippen LogP contribution is 2.46. The number of phenolic OH excluding ortho intramolecular Hbond substituents is 13. The van der Waals surface area contributed by atoms with Gasteiger partial charge in [0.25, 0.3) is 0 Å². The molecule has 16 heteroatoms. The molecule has 0 aliphatic heterocycles. The van der Waals surface area contributed by atoms with Gasteiger partial charge < -0.3 is 71.1 Å². The SMILES string of the molecule is CC(C)(C)CC(C)(C)Cc1ccc(O)cc1.CC(C)(C)c1cc(O)c(O)c(C(C)(C)C)c1.CC(C)(C)c1ccc(O)c(O)c1.CC(C)(c1ccc(O)cc1)c1ccc(C(C)(C)c2ccc(O)cc2)cc1.CC(C)(c1ccc(O)cc1)c1ccc(C(C)(c2ccc(O)cc2)c2ccc(O)cc2)cc1.O=C(OCc1ccccc1)c1ccc(O)cc1.Oc1ccc(Sc2ccc(O)cc2)cc1. The molecule has 134 heavy (non-hydrogen) atoms. The lowest BCUT2D eigenvalue weighted by Crippen LogP contribution is -2.26. The Bertz CT molecular complexity index is 5840. The van der Waals surface area contributed by atoms with Crippen LogP contribution in [0.3, 0.4) is 0 Å². The Balaban J connectivity index is 0.000000197. The van der Waals surface area contributed by atoms with Gasteiger partial charge in [0, 0.05) is 37.0 Å². The van der Waals surface area contributed by atoms with Crippen molar-refractivity contribution in [1.29, 1.82) is 0 Å². The van der Waals surface area contributed by atoms with E-state index in [-0.39, 0.29) is 108 Å². The predicted molar refractivity (Wildman–Crippen MR) is 545 cm³/mol. The highest BCUT2D eigenvalue weighted by Gasteiger charge is 2.34. The summed E-state index contributed by atoms with van der Waals surface area (Å²) in [6.45, 7) is 45.5. The molecule has 0 bridgehead atoms. The topological polar surface area (TPSA) is 289 Å². The zero-order chi connectivity index (χ0) is 99.1. The van der Waals surface area contributed by atoms with Crippen molar-refractivity contribution in [2.24, 2.45) is 10.8 Å². The van der Waals surface area contributed by atoms with E-state index in [0.717, 1.165) is 60.7 Å². The Kier molecular flexibility index (Phi) is 35.6. The van der Waals surface area contributed by atoms with Crippen LogP contribution in [0.2, 0.25) is 0 Å². The van der Waals surface area contributed by atoms with E-state index in [4.69, 9.17) is 25.2 Å². The van der Waals surface area contributed by atoms with Gasteiger partial charge in [-0.1, -0.05) is 314 Å². The van der Waals surface area contributed by atoms with Crippen molar-refractivity contribution in [2.45, 2.75) is 213 Å². The molecule has 0 spiro atoms. The van der Waals surface area contributed by atoms with E-state index in [1.54, 1.807) is 121 Å². The standard InChI is InChI=1S/C29H28O3.C24H26O2.C15H24O.C14H12O3.C14H22O2.C12H10O2S.C10H14O2/c1-28(2,21-8-14-25(30)15-9-21)20-4-6-22(7-5-20)29(3,23-10-16-26(31)17-11-23)24-12-18-27(32)19-13-24;1-23(2,19-9-13-21(25)14-10-19)17-5-7-18(8-6-17)24(3,4)20-11-15-22(26)16-12-20;1-14(2,3)11-15(4,5)10-12-6-8-13(16)9-7-12;15-13-8-6-12(7-9-13)14(16)17-10-11-4-2-1-3-5-11;1-13(2,3)9-7-10(14(4,5)6)12(16)11(15)8-9;13-9-1-5-11(6-2-9)15-12-7-3-10(14)4-8-12;1-10(2,3)7-4-5-8(11)9(12)6-7/h4-19,30-32H,1-3H3;5-16,25-26H,1-4H3;6-9,16H,10-11H2,1-5H3;1-9,15H,10H2;7-8,15-16H,1-6H3;1-8,13-14H;4-6,11-12H,1-3H3. The van der Waals surface area contributed by atoms with Crippen molar-refractivity contribution < 1.29 is 75.9 Å². The molecule has 0 radical (unpaired) electrons. The van der Waals surface area contributed by atoms with Gasteiger partial charge in [0.1, 0.15) is 58.4 Å². The van der Waals surface area contributed by atoms with Gasteiger partial charge in [-0.2, -0.15) is 0 Å². The first-order valence-electron chi connectivity index (χ1n) is 44.9. The summed E-state index contributed by atoms with van der Waals surface area (Å²) in [4.78, 5) is 13.7. The average Bonchev–Trinajstić information content (AvgIpc) is 0.603. The molecule has 704 valence electrons. The predicted octanol–water partition coefficient (Wildman–Crippen LogP) is 28.7. The maximum absolute atomic E-state index is 11.6. The Morgan fingerprint density at radius 2 is 0.537 bits per heavy atom. The summed E-state index contributed by atoms with van der Waals surface area (Å²) in [7, 11) is 0. The fourth-order valence-electron chi connectivity index (χ4n) is 15.6. The molecule has 0 saturated heterocycles. The highest BCUT2D eigenvalue weighted by atomic mass is 32.2. The Labute approximate surface area is 797 Å². The third-order valence-electron chi connectivity index (χ3n) is 23.6. The molecular weight excluding hydrogens is 1690 g/mol. The maximum atomic E-state index is 11.6. The van der Waals surface area contributed by atoms with Crippen LogP contribution in [-0.2, 0) is 55.7 Å². The van der Waals surface area contributed by atoms with Gasteiger partial charge in [-0.15, -0.1) is 0 Å². The number of aromatic hydroxyl groups is 13. The van der Waals surface area contributed by atoms with Gasteiger partial charge in [0.2, 0.25) is 0 Å². The number of carbonyl (C=O) groups is 1. The van der Waals surface area contributed by atoms with E-state index in [1.165, 1.54) is 70.1 Å². The van der Waals surface area contributed by atoms with E-state index < -0.39 is 11.4 Å². The molecule has 0 atom stereocenters. The van der Waals surface area contributed by atoms with Gasteiger partial charge in [-0.25, -0.2) is 4.79 Å². The normalized spacial score (nSPS) is 11.7. The first-order valence-corrected chi connectivity index (χ1v) is 45.7. The van der Waals surface area contributed by atoms with E-state index in [1.807, 2.05) is 160 Å². The maximum Gasteiger partial charge on any atom is 0.338 e. The highest BCUT2D eigenvalue weighted by molar-refractivity contribution is 7.99. The van der Waals surface area contributed by atoms with Crippen LogP contribution in [0.15, 0.2) is 337 Å². The molecule has 0 heterocycles. The van der Waals surface area contributed by atoms with Crippen molar-refractivity contribution in [1.82, 2.24) is 0 Å². The number of benzene rings is 14. The van der Waals surface area contributed by atoms with Crippen molar-refractivity contribution in [2.75, 3.05) is 0 Å². The van der Waals surface area contributed by atoms with Crippen LogP contribution in [0.5, 0.6) is 74.7 Å². The van der Waals surface area contributed by atoms with Crippen LogP contribution in [0.4, 0.5) is 0 Å². The minimum absolute atomic E-state index is 0.000463. The summed E-state index contributed by atoms with van der Waals surface area (Å²) in [5.41, 5.74) is 15.3. The number of rotatable bonds is 17. The van der Waals surface area contributed by atoms with Crippen molar-refractivity contribution >= 4 is 17.7 Å². The van der Waals surface area contributed by atoms with Crippen LogP contribution in [0.1, 0.15) is 240 Å². The van der Waals surface area contributed by atoms with Gasteiger partial charge in [0.15, 0.2) is 23.0 Å². The summed E-state index contributed by atoms with van der Waals surface area (Å²) in [5.74, 6) is 1.76. The zero-order valence-corrected chi connectivity index (χ0v) is 82.2. The summed E-state index contributed by atoms with van der Waals surface area (Å²) in [6, 6.07) is 99.7. The number of hydrogen-bond donors (Lipinski definition) is 13. The molecule has 0 fully saturated rings. The van der Waals surface area contributed by atoms with E-state index >= 15 is 0 Å². The lowest BCUT2D eigenvalue weighted by molar-refractivity contribution is 0.0472. The molecule has 0 unspecified atom stereocenters. The number of carbonyl (C=O) groups excluding carboxylic acids is 1. The summed E-state index contributed by atoms with van der Waals surface area (Å²) in [6.07, 6.45) is 2.26. The molecule has 15 nitrogen and oxygen atoms in total. The second kappa shape index (κ2) is 45.1. The number of phenols is 13. The fraction of sp³-hybridized carbons (Fsp3) is 0.280. The van der Waals surface area contributed by atoms with Crippen molar-refractivity contribution in [3.63, 3.8) is 0 Å². The van der Waals surface area contributed by atoms with Crippen LogP contribution >= 0.6 is 11.8 Å². The lowest BCUT2D eigenvalue weighted by Gasteiger charge is -2.33. The third kappa shape index (κ3) is 31.0. The smallest absolute Gasteiger partial charge is 0.338 e. The second-order valence-corrected chi connectivity index (χ2v) is 41.8. The average molecular weight is 1830 g/mol. The second-order valence-electron chi connectivity index (χ2n) is 40.7. The van der Waals surface area contributed by atoms with E-state index in [2.05, 4.69) is 173 Å². The summed E-state index contributed by atoms with van der Waals surface area (Å²) >= 11 is 1.58. The lowest BCUT2D eigenvalue weighted by atomic mass is 9.70. The van der Waals surface area contributed by atoms with Gasteiger partial charge in [0.05, 0.1) is 5.56 Å². The van der Waals surface area contributed by atoms with Crippen LogP contribution in [-0.4, -0.2) is 72.4 Å². The van der Waals surface area contributed by atoms with Crippen LogP contribution < -0.4 is 0 Å². The van der Waals surface area contributed by atoms with Gasteiger partial charge >= 0.3 is 5.97 Å². The van der Waals surface area contributed by atoms with Gasteiger partial charge in [-0.3, -0.25) is 0 Å².